The number of nitrogens with one attached hydrogen (secondary N) is 1. The molecule has 14 nitrogen and oxygen atoms in total. The van der Waals surface area contributed by atoms with Gasteiger partial charge in [0.25, 0.3) is 5.91 Å². The van der Waals surface area contributed by atoms with Gasteiger partial charge in [0, 0.05) is 40.2 Å². The van der Waals surface area contributed by atoms with Gasteiger partial charge in [0.05, 0.1) is 7.11 Å². The number of rotatable bonds is 10. The smallest absolute Gasteiger partial charge is 0.305 e. The predicted molar refractivity (Wildman–Crippen MR) is 128 cm³/mol. The molecule has 1 saturated heterocycles. The third-order valence-corrected chi connectivity index (χ3v) is 5.23. The van der Waals surface area contributed by atoms with Crippen molar-refractivity contribution in [3.63, 3.8) is 0 Å². The molecule has 2 rings (SSSR count). The fourth-order valence-electron chi connectivity index (χ4n) is 3.78. The van der Waals surface area contributed by atoms with Crippen LogP contribution in [0.4, 0.5) is 0 Å². The monoisotopic (exact) mass is 553 g/mol. The van der Waals surface area contributed by atoms with E-state index in [1.165, 1.54) is 19.2 Å². The lowest BCUT2D eigenvalue weighted by atomic mass is 9.95. The maximum Gasteiger partial charge on any atom is 0.305 e. The van der Waals surface area contributed by atoms with Crippen molar-refractivity contribution in [2.75, 3.05) is 13.7 Å². The van der Waals surface area contributed by atoms with E-state index in [9.17, 15) is 28.8 Å². The molecule has 0 aromatic heterocycles. The van der Waals surface area contributed by atoms with Gasteiger partial charge in [0.2, 0.25) is 12.4 Å². The van der Waals surface area contributed by atoms with Crippen molar-refractivity contribution in [3.05, 3.63) is 29.8 Å². The number of hydrogen-bond acceptors (Lipinski definition) is 13. The van der Waals surface area contributed by atoms with Crippen molar-refractivity contribution in [2.24, 2.45) is 0 Å². The third kappa shape index (κ3) is 9.25. The summed E-state index contributed by atoms with van der Waals surface area (Å²) >= 11 is 0. The molecule has 214 valence electrons. The first kappa shape index (κ1) is 31.0. The Morgan fingerprint density at radius 2 is 1.36 bits per heavy atom. The van der Waals surface area contributed by atoms with Crippen LogP contribution in [0.25, 0.3) is 0 Å². The zero-order chi connectivity index (χ0) is 29.3. The van der Waals surface area contributed by atoms with Crippen LogP contribution in [0.3, 0.4) is 0 Å². The maximum absolute atomic E-state index is 13.5. The first-order chi connectivity index (χ1) is 18.3. The molecule has 0 aliphatic carbocycles. The molecule has 39 heavy (non-hydrogen) atoms. The fourth-order valence-corrected chi connectivity index (χ4v) is 3.78. The second-order valence-electron chi connectivity index (χ2n) is 8.40. The molecule has 0 radical (unpaired) electrons. The van der Waals surface area contributed by atoms with Gasteiger partial charge in [-0.15, -0.1) is 0 Å². The summed E-state index contributed by atoms with van der Waals surface area (Å²) in [4.78, 5) is 72.6. The lowest BCUT2D eigenvalue weighted by Gasteiger charge is -2.44. The third-order valence-electron chi connectivity index (χ3n) is 5.23. The zero-order valence-electron chi connectivity index (χ0n) is 22.3. The van der Waals surface area contributed by atoms with Crippen LogP contribution in [0.5, 0.6) is 5.75 Å². The van der Waals surface area contributed by atoms with Crippen molar-refractivity contribution < 1.29 is 61.9 Å². The van der Waals surface area contributed by atoms with E-state index < -0.39 is 79.1 Å². The van der Waals surface area contributed by atoms with E-state index in [2.05, 4.69) is 5.32 Å². The largest absolute Gasteiger partial charge is 0.497 e. The fraction of sp³-hybridized carbons (Fsp3) is 0.520. The van der Waals surface area contributed by atoms with Crippen molar-refractivity contribution in [2.45, 2.75) is 71.4 Å². The average molecular weight is 554 g/mol. The molecule has 0 bridgehead atoms. The summed E-state index contributed by atoms with van der Waals surface area (Å²) in [5, 5.41) is 2.53. The van der Waals surface area contributed by atoms with Gasteiger partial charge < -0.3 is 38.5 Å². The van der Waals surface area contributed by atoms with Gasteiger partial charge in [0.15, 0.2) is 12.2 Å². The Labute approximate surface area is 224 Å². The summed E-state index contributed by atoms with van der Waals surface area (Å²) in [6, 6.07) is 4.62. The molecule has 1 fully saturated rings. The molecule has 0 saturated carbocycles. The lowest BCUT2D eigenvalue weighted by Crippen LogP contribution is -2.67. The van der Waals surface area contributed by atoms with E-state index in [1.54, 1.807) is 12.1 Å². The van der Waals surface area contributed by atoms with Crippen LogP contribution in [-0.2, 0) is 57.2 Å². The van der Waals surface area contributed by atoms with Crippen LogP contribution in [-0.4, -0.2) is 80.1 Å². The van der Waals surface area contributed by atoms with Crippen LogP contribution < -0.4 is 10.1 Å². The molecule has 14 heteroatoms. The first-order valence-corrected chi connectivity index (χ1v) is 11.7. The highest BCUT2D eigenvalue weighted by Gasteiger charge is 2.52. The van der Waals surface area contributed by atoms with Gasteiger partial charge in [0.1, 0.15) is 24.5 Å². The topological polar surface area (TPSA) is 179 Å². The molecule has 1 heterocycles. The number of benzene rings is 1. The Morgan fingerprint density at radius 1 is 0.795 bits per heavy atom. The van der Waals surface area contributed by atoms with Crippen LogP contribution in [0.1, 0.15) is 46.3 Å². The number of ether oxygens (including phenoxy) is 7. The summed E-state index contributed by atoms with van der Waals surface area (Å²) in [5.41, 5.74) is 0.262. The van der Waals surface area contributed by atoms with Gasteiger partial charge in [-0.3, -0.25) is 28.8 Å². The van der Waals surface area contributed by atoms with E-state index in [0.717, 1.165) is 34.6 Å². The van der Waals surface area contributed by atoms with Crippen LogP contribution >= 0.6 is 0 Å². The molecular formula is C25H31NO13. The van der Waals surface area contributed by atoms with Crippen molar-refractivity contribution in [1.82, 2.24) is 5.32 Å². The number of carbonyl (C=O) groups is 6. The Kier molecular flexibility index (Phi) is 11.2. The second-order valence-corrected chi connectivity index (χ2v) is 8.40. The van der Waals surface area contributed by atoms with E-state index in [4.69, 9.17) is 33.2 Å². The van der Waals surface area contributed by atoms with Crippen LogP contribution in [0, 0.1) is 0 Å². The molecular weight excluding hydrogens is 522 g/mol. The number of esters is 5. The second kappa shape index (κ2) is 14.1. The quantitative estimate of drug-likeness (QED) is 0.313. The summed E-state index contributed by atoms with van der Waals surface area (Å²) in [7, 11) is 1.45. The molecule has 1 aliphatic rings. The molecule has 1 unspecified atom stereocenters. The highest BCUT2D eigenvalue weighted by Crippen LogP contribution is 2.29. The molecule has 1 amide bonds. The van der Waals surface area contributed by atoms with Crippen LogP contribution in [0.15, 0.2) is 24.3 Å². The molecule has 1 N–H and O–H groups in total. The lowest BCUT2D eigenvalue weighted by molar-refractivity contribution is -0.271. The number of carbonyl (C=O) groups excluding carboxylic acids is 6. The van der Waals surface area contributed by atoms with E-state index in [0.29, 0.717) is 5.75 Å². The van der Waals surface area contributed by atoms with Crippen LogP contribution in [0.2, 0.25) is 0 Å². The Morgan fingerprint density at radius 3 is 1.85 bits per heavy atom. The number of amides is 1. The Balaban J connectivity index is 2.51. The van der Waals surface area contributed by atoms with Crippen molar-refractivity contribution in [1.29, 1.82) is 0 Å². The predicted octanol–water partition coefficient (Wildman–Crippen LogP) is 0.499. The molecule has 1 aliphatic heterocycles. The van der Waals surface area contributed by atoms with Gasteiger partial charge in [-0.1, -0.05) is 12.1 Å². The normalized spacial score (nSPS) is 22.9. The van der Waals surface area contributed by atoms with Crippen molar-refractivity contribution >= 4 is 35.8 Å². The summed E-state index contributed by atoms with van der Waals surface area (Å²) < 4.78 is 37.0. The highest BCUT2D eigenvalue weighted by atomic mass is 16.7. The number of hydrogen-bond donors (Lipinski definition) is 1. The maximum atomic E-state index is 13.5. The average Bonchev–Trinajstić information content (AvgIpc) is 2.84. The molecule has 1 aromatic rings. The minimum absolute atomic E-state index is 0.262. The zero-order valence-corrected chi connectivity index (χ0v) is 22.3. The summed E-state index contributed by atoms with van der Waals surface area (Å²) in [6.07, 6.45) is -7.24. The molecule has 0 spiro atoms. The van der Waals surface area contributed by atoms with Gasteiger partial charge in [-0.2, -0.15) is 0 Å². The van der Waals surface area contributed by atoms with Crippen molar-refractivity contribution in [3.8, 4) is 5.75 Å². The Bertz CT molecular complexity index is 1070. The van der Waals surface area contributed by atoms with E-state index in [1.807, 2.05) is 0 Å². The minimum Gasteiger partial charge on any atom is -0.497 e. The standard InChI is InChI=1S/C25H31NO13/c1-12(27)34-11-19-22(36-14(3)29)23(37-15(4)30)20(25(39-19)38-16(5)31)26-24(32)21(35-13(2)28)17-7-9-18(33-6)10-8-17/h7-10,19-23,25H,11H2,1-6H3,(H,26,32)/t19-,20-,21?,22-,23-,25-/m1/s1. The SMILES string of the molecule is COc1ccc(C(OC(C)=O)C(=O)N[C@H]2[C@H](OC(C)=O)O[C@H](COC(C)=O)[C@@H](OC(C)=O)[C@@H]2OC(C)=O)cc1. The Hall–Kier alpha value is -4.20. The summed E-state index contributed by atoms with van der Waals surface area (Å²) in [6.45, 7) is 4.99. The molecule has 6 atom stereocenters. The minimum atomic E-state index is -1.60. The van der Waals surface area contributed by atoms with E-state index >= 15 is 0 Å². The van der Waals surface area contributed by atoms with Gasteiger partial charge in [-0.25, -0.2) is 0 Å². The van der Waals surface area contributed by atoms with Gasteiger partial charge in [-0.05, 0) is 12.1 Å². The van der Waals surface area contributed by atoms with E-state index in [-0.39, 0.29) is 5.56 Å². The number of methoxy groups -OCH3 is 1. The molecule has 1 aromatic carbocycles. The highest BCUT2D eigenvalue weighted by molar-refractivity contribution is 5.85. The summed E-state index contributed by atoms with van der Waals surface area (Å²) in [5.74, 6) is -4.36. The van der Waals surface area contributed by atoms with Gasteiger partial charge >= 0.3 is 29.8 Å². The first-order valence-electron chi connectivity index (χ1n) is 11.7.